The molecule has 0 bridgehead atoms. The Balaban J connectivity index is 1.34. The number of nitrogens with zero attached hydrogens (tertiary/aromatic N) is 2. The van der Waals surface area contributed by atoms with Gasteiger partial charge in [-0.05, 0) is 74.2 Å². The molecule has 2 heterocycles. The molecule has 0 spiro atoms. The normalized spacial score (nSPS) is 19.8. The van der Waals surface area contributed by atoms with Gasteiger partial charge in [0.2, 0.25) is 5.91 Å². The van der Waals surface area contributed by atoms with Crippen LogP contribution in [-0.4, -0.2) is 44.1 Å². The highest BCUT2D eigenvalue weighted by Gasteiger charge is 2.27. The van der Waals surface area contributed by atoms with Gasteiger partial charge in [0.05, 0.1) is 13.7 Å². The fourth-order valence-corrected chi connectivity index (χ4v) is 4.33. The van der Waals surface area contributed by atoms with E-state index in [9.17, 15) is 4.79 Å². The van der Waals surface area contributed by atoms with Crippen LogP contribution in [0.1, 0.15) is 37.3 Å². The lowest BCUT2D eigenvalue weighted by molar-refractivity contribution is -0.117. The van der Waals surface area contributed by atoms with Crippen molar-refractivity contribution in [3.8, 4) is 5.75 Å². The fourth-order valence-electron chi connectivity index (χ4n) is 4.33. The molecule has 2 aliphatic rings. The lowest BCUT2D eigenvalue weighted by Crippen LogP contribution is -2.32. The van der Waals surface area contributed by atoms with Crippen molar-refractivity contribution >= 4 is 17.3 Å². The standard InChI is InChI=1S/C23H29N3O2/c1-28-21-12-6-18(7-13-21)22-5-4-16-26(22)17-23(27)24-19-8-10-20(11-9-19)25-14-2-3-15-25/h6-13,22H,2-5,14-17H2,1H3,(H,24,27). The van der Waals surface area contributed by atoms with Crippen LogP contribution in [0.15, 0.2) is 48.5 Å². The molecular formula is C23H29N3O2. The van der Waals surface area contributed by atoms with Crippen molar-refractivity contribution in [1.29, 1.82) is 0 Å². The Morgan fingerprint density at radius 2 is 1.71 bits per heavy atom. The number of anilines is 2. The lowest BCUT2D eigenvalue weighted by Gasteiger charge is -2.24. The molecular weight excluding hydrogens is 350 g/mol. The molecule has 1 unspecified atom stereocenters. The van der Waals surface area contributed by atoms with Crippen LogP contribution in [0, 0.1) is 0 Å². The molecule has 0 radical (unpaired) electrons. The monoisotopic (exact) mass is 379 g/mol. The van der Waals surface area contributed by atoms with E-state index in [2.05, 4.69) is 39.4 Å². The van der Waals surface area contributed by atoms with Crippen LogP contribution >= 0.6 is 0 Å². The molecule has 1 atom stereocenters. The number of ether oxygens (including phenoxy) is 1. The predicted octanol–water partition coefficient (Wildman–Crippen LogP) is 4.07. The van der Waals surface area contributed by atoms with Crippen molar-refractivity contribution in [3.63, 3.8) is 0 Å². The summed E-state index contributed by atoms with van der Waals surface area (Å²) < 4.78 is 5.25. The Hall–Kier alpha value is -2.53. The van der Waals surface area contributed by atoms with Crippen LogP contribution in [0.2, 0.25) is 0 Å². The van der Waals surface area contributed by atoms with E-state index in [1.165, 1.54) is 24.1 Å². The number of rotatable bonds is 6. The molecule has 2 aliphatic heterocycles. The number of amides is 1. The minimum absolute atomic E-state index is 0.0503. The van der Waals surface area contributed by atoms with Gasteiger partial charge in [-0.15, -0.1) is 0 Å². The molecule has 1 amide bonds. The van der Waals surface area contributed by atoms with Crippen molar-refractivity contribution in [2.75, 3.05) is 43.5 Å². The summed E-state index contributed by atoms with van der Waals surface area (Å²) in [6, 6.07) is 16.7. The van der Waals surface area contributed by atoms with Crippen molar-refractivity contribution < 1.29 is 9.53 Å². The summed E-state index contributed by atoms with van der Waals surface area (Å²) in [5.74, 6) is 0.915. The number of likely N-dealkylation sites (tertiary alicyclic amines) is 1. The van der Waals surface area contributed by atoms with E-state index in [0.29, 0.717) is 12.6 Å². The Kier molecular flexibility index (Phi) is 5.81. The molecule has 2 aromatic rings. The molecule has 2 saturated heterocycles. The number of benzene rings is 2. The van der Waals surface area contributed by atoms with E-state index < -0.39 is 0 Å². The fraction of sp³-hybridized carbons (Fsp3) is 0.435. The molecule has 0 aliphatic carbocycles. The van der Waals surface area contributed by atoms with E-state index >= 15 is 0 Å². The van der Waals surface area contributed by atoms with Crippen LogP contribution in [-0.2, 0) is 4.79 Å². The Morgan fingerprint density at radius 3 is 2.39 bits per heavy atom. The van der Waals surface area contributed by atoms with Crippen molar-refractivity contribution in [2.45, 2.75) is 31.7 Å². The molecule has 5 heteroatoms. The average Bonchev–Trinajstić information content (AvgIpc) is 3.41. The number of hydrogen-bond acceptors (Lipinski definition) is 4. The van der Waals surface area contributed by atoms with Crippen LogP contribution in [0.25, 0.3) is 0 Å². The van der Waals surface area contributed by atoms with E-state index in [0.717, 1.165) is 43.9 Å². The maximum Gasteiger partial charge on any atom is 0.238 e. The zero-order valence-electron chi connectivity index (χ0n) is 16.6. The van der Waals surface area contributed by atoms with Gasteiger partial charge in [-0.25, -0.2) is 0 Å². The quantitative estimate of drug-likeness (QED) is 0.822. The minimum atomic E-state index is 0.0503. The second kappa shape index (κ2) is 8.65. The van der Waals surface area contributed by atoms with Crippen molar-refractivity contribution in [1.82, 2.24) is 4.90 Å². The summed E-state index contributed by atoms with van der Waals surface area (Å²) in [6.07, 6.45) is 4.74. The second-order valence-corrected chi connectivity index (χ2v) is 7.69. The zero-order chi connectivity index (χ0) is 19.3. The molecule has 0 aromatic heterocycles. The van der Waals surface area contributed by atoms with E-state index in [1.54, 1.807) is 7.11 Å². The second-order valence-electron chi connectivity index (χ2n) is 7.69. The number of methoxy groups -OCH3 is 1. The molecule has 28 heavy (non-hydrogen) atoms. The molecule has 1 N–H and O–H groups in total. The average molecular weight is 380 g/mol. The summed E-state index contributed by atoms with van der Waals surface area (Å²) in [5, 5.41) is 3.06. The van der Waals surface area contributed by atoms with Crippen LogP contribution in [0.3, 0.4) is 0 Å². The Morgan fingerprint density at radius 1 is 1.00 bits per heavy atom. The number of hydrogen-bond donors (Lipinski definition) is 1. The van der Waals surface area contributed by atoms with Crippen LogP contribution in [0.4, 0.5) is 11.4 Å². The lowest BCUT2D eigenvalue weighted by atomic mass is 10.0. The van der Waals surface area contributed by atoms with E-state index in [1.807, 2.05) is 24.3 Å². The van der Waals surface area contributed by atoms with Gasteiger partial charge in [-0.2, -0.15) is 0 Å². The van der Waals surface area contributed by atoms with E-state index in [-0.39, 0.29) is 5.91 Å². The molecule has 2 aromatic carbocycles. The van der Waals surface area contributed by atoms with Gasteiger partial charge in [-0.3, -0.25) is 9.69 Å². The number of carbonyl (C=O) groups is 1. The third-order valence-corrected chi connectivity index (χ3v) is 5.83. The SMILES string of the molecule is COc1ccc(C2CCCN2CC(=O)Nc2ccc(N3CCCC3)cc2)cc1. The summed E-state index contributed by atoms with van der Waals surface area (Å²) in [5.41, 5.74) is 3.36. The van der Waals surface area contributed by atoms with Crippen LogP contribution in [0.5, 0.6) is 5.75 Å². The first-order valence-corrected chi connectivity index (χ1v) is 10.3. The Labute approximate surface area is 167 Å². The first-order chi connectivity index (χ1) is 13.7. The highest BCUT2D eigenvalue weighted by atomic mass is 16.5. The highest BCUT2D eigenvalue weighted by molar-refractivity contribution is 5.92. The van der Waals surface area contributed by atoms with Crippen LogP contribution < -0.4 is 15.0 Å². The molecule has 4 rings (SSSR count). The maximum atomic E-state index is 12.6. The topological polar surface area (TPSA) is 44.8 Å². The maximum absolute atomic E-state index is 12.6. The minimum Gasteiger partial charge on any atom is -0.497 e. The van der Waals surface area contributed by atoms with Gasteiger partial charge in [0.1, 0.15) is 5.75 Å². The third-order valence-electron chi connectivity index (χ3n) is 5.83. The van der Waals surface area contributed by atoms with Gasteiger partial charge >= 0.3 is 0 Å². The molecule has 0 saturated carbocycles. The zero-order valence-corrected chi connectivity index (χ0v) is 16.6. The molecule has 5 nitrogen and oxygen atoms in total. The predicted molar refractivity (Wildman–Crippen MR) is 113 cm³/mol. The van der Waals surface area contributed by atoms with Gasteiger partial charge < -0.3 is 15.0 Å². The summed E-state index contributed by atoms with van der Waals surface area (Å²) in [4.78, 5) is 17.3. The van der Waals surface area contributed by atoms with Gasteiger partial charge in [-0.1, -0.05) is 12.1 Å². The van der Waals surface area contributed by atoms with Crippen molar-refractivity contribution in [3.05, 3.63) is 54.1 Å². The first kappa shape index (κ1) is 18.8. The molecule has 148 valence electrons. The third kappa shape index (κ3) is 4.30. The number of nitrogens with one attached hydrogen (secondary N) is 1. The van der Waals surface area contributed by atoms with Crippen molar-refractivity contribution in [2.24, 2.45) is 0 Å². The number of carbonyl (C=O) groups excluding carboxylic acids is 1. The van der Waals surface area contributed by atoms with Gasteiger partial charge in [0, 0.05) is 30.5 Å². The smallest absolute Gasteiger partial charge is 0.238 e. The highest BCUT2D eigenvalue weighted by Crippen LogP contribution is 2.32. The first-order valence-electron chi connectivity index (χ1n) is 10.3. The summed E-state index contributed by atoms with van der Waals surface area (Å²) in [6.45, 7) is 3.64. The van der Waals surface area contributed by atoms with Gasteiger partial charge in [0.25, 0.3) is 0 Å². The van der Waals surface area contributed by atoms with E-state index in [4.69, 9.17) is 4.74 Å². The Bertz CT molecular complexity index is 782. The summed E-state index contributed by atoms with van der Waals surface area (Å²) in [7, 11) is 1.68. The largest absolute Gasteiger partial charge is 0.497 e. The molecule has 2 fully saturated rings. The van der Waals surface area contributed by atoms with Gasteiger partial charge in [0.15, 0.2) is 0 Å². The summed E-state index contributed by atoms with van der Waals surface area (Å²) >= 11 is 0.